The number of carbonyl (C=O) groups excluding carboxylic acids is 3. The first-order valence-corrected chi connectivity index (χ1v) is 9.30. The lowest BCUT2D eigenvalue weighted by atomic mass is 10.2. The largest absolute Gasteiger partial charge is 0.466 e. The molecule has 2 amide bonds. The SMILES string of the molecule is CCOC(=O)Cc1csc(NC(=O)[C@H](C)NC(=O)/C=C/c2ccccc2)n1. The molecule has 8 heteroatoms. The smallest absolute Gasteiger partial charge is 0.311 e. The summed E-state index contributed by atoms with van der Waals surface area (Å²) in [6.07, 6.45) is 3.10. The van der Waals surface area contributed by atoms with E-state index < -0.39 is 11.9 Å². The predicted molar refractivity (Wildman–Crippen MR) is 104 cm³/mol. The second-order valence-corrected chi connectivity index (χ2v) is 6.45. The number of rotatable bonds is 8. The molecule has 2 aromatic rings. The van der Waals surface area contributed by atoms with Crippen molar-refractivity contribution in [2.75, 3.05) is 11.9 Å². The molecule has 1 heterocycles. The highest BCUT2D eigenvalue weighted by Gasteiger charge is 2.16. The lowest BCUT2D eigenvalue weighted by molar-refractivity contribution is -0.142. The van der Waals surface area contributed by atoms with Gasteiger partial charge in [-0.2, -0.15) is 0 Å². The highest BCUT2D eigenvalue weighted by atomic mass is 32.1. The van der Waals surface area contributed by atoms with Crippen LogP contribution in [0.2, 0.25) is 0 Å². The molecule has 0 saturated heterocycles. The number of thiazole rings is 1. The maximum absolute atomic E-state index is 12.2. The van der Waals surface area contributed by atoms with Crippen LogP contribution in [0.1, 0.15) is 25.1 Å². The molecule has 0 aliphatic carbocycles. The average Bonchev–Trinajstić information content (AvgIpc) is 3.07. The highest BCUT2D eigenvalue weighted by Crippen LogP contribution is 2.16. The second-order valence-electron chi connectivity index (χ2n) is 5.59. The fourth-order valence-electron chi connectivity index (χ4n) is 2.08. The van der Waals surface area contributed by atoms with Gasteiger partial charge in [-0.15, -0.1) is 11.3 Å². The molecule has 7 nitrogen and oxygen atoms in total. The highest BCUT2D eigenvalue weighted by molar-refractivity contribution is 7.13. The summed E-state index contributed by atoms with van der Waals surface area (Å²) < 4.78 is 4.86. The van der Waals surface area contributed by atoms with Crippen molar-refractivity contribution in [3.8, 4) is 0 Å². The Morgan fingerprint density at radius 3 is 2.70 bits per heavy atom. The Labute approximate surface area is 161 Å². The van der Waals surface area contributed by atoms with Crippen molar-refractivity contribution in [2.24, 2.45) is 0 Å². The van der Waals surface area contributed by atoms with Gasteiger partial charge in [-0.1, -0.05) is 30.3 Å². The fourth-order valence-corrected chi connectivity index (χ4v) is 2.80. The Balaban J connectivity index is 1.83. The number of nitrogens with one attached hydrogen (secondary N) is 2. The van der Waals surface area contributed by atoms with E-state index in [0.717, 1.165) is 5.56 Å². The minimum absolute atomic E-state index is 0.0524. The van der Waals surface area contributed by atoms with Gasteiger partial charge in [0.2, 0.25) is 11.8 Å². The van der Waals surface area contributed by atoms with E-state index in [2.05, 4.69) is 15.6 Å². The summed E-state index contributed by atoms with van der Waals surface area (Å²) in [6.45, 7) is 3.62. The number of nitrogens with zero attached hydrogens (tertiary/aromatic N) is 1. The van der Waals surface area contributed by atoms with Crippen molar-refractivity contribution >= 4 is 40.3 Å². The number of anilines is 1. The maximum atomic E-state index is 12.2. The number of amides is 2. The number of benzene rings is 1. The third kappa shape index (κ3) is 7.02. The van der Waals surface area contributed by atoms with Crippen LogP contribution in [-0.2, 0) is 25.5 Å². The van der Waals surface area contributed by atoms with Gasteiger partial charge in [-0.05, 0) is 25.5 Å². The number of carbonyl (C=O) groups is 3. The zero-order valence-electron chi connectivity index (χ0n) is 15.1. The maximum Gasteiger partial charge on any atom is 0.311 e. The van der Waals surface area contributed by atoms with Crippen LogP contribution in [0, 0.1) is 0 Å². The van der Waals surface area contributed by atoms with Gasteiger partial charge in [-0.25, -0.2) is 4.98 Å². The Kier molecular flexibility index (Phi) is 7.69. The molecule has 1 aromatic carbocycles. The lowest BCUT2D eigenvalue weighted by Crippen LogP contribution is -2.40. The third-order valence-electron chi connectivity index (χ3n) is 3.39. The summed E-state index contributed by atoms with van der Waals surface area (Å²) >= 11 is 1.20. The van der Waals surface area contributed by atoms with E-state index in [1.165, 1.54) is 17.4 Å². The molecule has 1 atom stereocenters. The Morgan fingerprint density at radius 1 is 1.26 bits per heavy atom. The van der Waals surface area contributed by atoms with Gasteiger partial charge in [0.25, 0.3) is 0 Å². The first-order valence-electron chi connectivity index (χ1n) is 8.42. The number of ether oxygens (including phenoxy) is 1. The molecule has 27 heavy (non-hydrogen) atoms. The molecule has 2 rings (SSSR count). The summed E-state index contributed by atoms with van der Waals surface area (Å²) in [7, 11) is 0. The molecule has 2 N–H and O–H groups in total. The summed E-state index contributed by atoms with van der Waals surface area (Å²) in [5.74, 6) is -1.14. The van der Waals surface area contributed by atoms with Gasteiger partial charge >= 0.3 is 5.97 Å². The van der Waals surface area contributed by atoms with Gasteiger partial charge in [0.1, 0.15) is 6.04 Å². The molecule has 0 saturated carbocycles. The average molecular weight is 387 g/mol. The van der Waals surface area contributed by atoms with Crippen LogP contribution in [0.4, 0.5) is 5.13 Å². The van der Waals surface area contributed by atoms with Gasteiger partial charge in [0.05, 0.1) is 18.7 Å². The van der Waals surface area contributed by atoms with Crippen molar-refractivity contribution in [2.45, 2.75) is 26.3 Å². The zero-order valence-corrected chi connectivity index (χ0v) is 15.9. The first kappa shape index (κ1) is 20.3. The molecule has 0 spiro atoms. The van der Waals surface area contributed by atoms with Crippen LogP contribution in [-0.4, -0.2) is 35.4 Å². The number of hydrogen-bond acceptors (Lipinski definition) is 6. The molecule has 0 aliphatic heterocycles. The standard InChI is InChI=1S/C19H21N3O4S/c1-3-26-17(24)11-15-12-27-19(21-15)22-18(25)13(2)20-16(23)10-9-14-7-5-4-6-8-14/h4-10,12-13H,3,11H2,1-2H3,(H,20,23)(H,21,22,25)/b10-9+/t13-/m0/s1. The van der Waals surface area contributed by atoms with Crippen LogP contribution < -0.4 is 10.6 Å². The monoisotopic (exact) mass is 387 g/mol. The van der Waals surface area contributed by atoms with Gasteiger partial charge in [-0.3, -0.25) is 14.4 Å². The topological polar surface area (TPSA) is 97.4 Å². The molecule has 0 fully saturated rings. The van der Waals surface area contributed by atoms with Crippen LogP contribution in [0.5, 0.6) is 0 Å². The molecule has 0 aliphatic rings. The van der Waals surface area contributed by atoms with E-state index in [0.29, 0.717) is 17.4 Å². The van der Waals surface area contributed by atoms with E-state index in [-0.39, 0.29) is 18.3 Å². The minimum atomic E-state index is -0.740. The first-order chi connectivity index (χ1) is 13.0. The summed E-state index contributed by atoms with van der Waals surface area (Å²) in [5, 5.41) is 7.26. The van der Waals surface area contributed by atoms with Crippen molar-refractivity contribution < 1.29 is 19.1 Å². The zero-order chi connectivity index (χ0) is 19.6. The molecular formula is C19H21N3O4S. The molecule has 0 radical (unpaired) electrons. The van der Waals surface area contributed by atoms with Crippen molar-refractivity contribution in [1.82, 2.24) is 10.3 Å². The van der Waals surface area contributed by atoms with E-state index in [1.807, 2.05) is 30.3 Å². The van der Waals surface area contributed by atoms with Crippen LogP contribution in [0.15, 0.2) is 41.8 Å². The molecule has 0 bridgehead atoms. The molecule has 1 aromatic heterocycles. The Hall–Kier alpha value is -3.00. The second kappa shape index (κ2) is 10.2. The van der Waals surface area contributed by atoms with Gasteiger partial charge in [0.15, 0.2) is 5.13 Å². The lowest BCUT2D eigenvalue weighted by Gasteiger charge is -2.11. The molecule has 142 valence electrons. The van der Waals surface area contributed by atoms with Gasteiger partial charge < -0.3 is 15.4 Å². The van der Waals surface area contributed by atoms with Crippen molar-refractivity contribution in [3.63, 3.8) is 0 Å². The Bertz CT molecular complexity index is 817. The van der Waals surface area contributed by atoms with Crippen molar-refractivity contribution in [1.29, 1.82) is 0 Å². The number of aromatic nitrogens is 1. The van der Waals surface area contributed by atoms with Crippen LogP contribution in [0.3, 0.4) is 0 Å². The predicted octanol–water partition coefficient (Wildman–Crippen LogP) is 2.41. The normalized spacial score (nSPS) is 11.8. The van der Waals surface area contributed by atoms with E-state index in [1.54, 1.807) is 25.3 Å². The van der Waals surface area contributed by atoms with E-state index in [4.69, 9.17) is 4.74 Å². The van der Waals surface area contributed by atoms with E-state index >= 15 is 0 Å². The van der Waals surface area contributed by atoms with Crippen LogP contribution >= 0.6 is 11.3 Å². The van der Waals surface area contributed by atoms with E-state index in [9.17, 15) is 14.4 Å². The quantitative estimate of drug-likeness (QED) is 0.535. The molecule has 0 unspecified atom stereocenters. The van der Waals surface area contributed by atoms with Crippen LogP contribution in [0.25, 0.3) is 6.08 Å². The minimum Gasteiger partial charge on any atom is -0.466 e. The third-order valence-corrected chi connectivity index (χ3v) is 4.20. The molecular weight excluding hydrogens is 366 g/mol. The summed E-state index contributed by atoms with van der Waals surface area (Å²) in [5.41, 5.74) is 1.41. The van der Waals surface area contributed by atoms with Gasteiger partial charge in [0, 0.05) is 11.5 Å². The summed E-state index contributed by atoms with van der Waals surface area (Å²) in [6, 6.07) is 8.64. The fraction of sp³-hybridized carbons (Fsp3) is 0.263. The number of esters is 1. The Morgan fingerprint density at radius 2 is 2.00 bits per heavy atom. The number of hydrogen-bond donors (Lipinski definition) is 2. The summed E-state index contributed by atoms with van der Waals surface area (Å²) in [4.78, 5) is 39.7. The van der Waals surface area contributed by atoms with Crippen molar-refractivity contribution in [3.05, 3.63) is 53.0 Å².